The van der Waals surface area contributed by atoms with Gasteiger partial charge in [0, 0.05) is 8.95 Å². The molecule has 0 unspecified atom stereocenters. The highest BCUT2D eigenvalue weighted by atomic mass is 79.9. The van der Waals surface area contributed by atoms with Crippen LogP contribution in [0.15, 0.2) is 45.3 Å². The Balaban J connectivity index is 2.60. The molecule has 0 nitrogen and oxygen atoms in total. The molecule has 0 N–H and O–H groups in total. The van der Waals surface area contributed by atoms with E-state index in [4.69, 9.17) is 0 Å². The molecule has 0 spiro atoms. The van der Waals surface area contributed by atoms with Gasteiger partial charge in [0.25, 0.3) is 0 Å². The molecule has 0 aromatic heterocycles. The van der Waals surface area contributed by atoms with Crippen LogP contribution in [0.2, 0.25) is 0 Å². The second-order valence-corrected chi connectivity index (χ2v) is 6.31. The summed E-state index contributed by atoms with van der Waals surface area (Å²) in [5, 5.41) is 5.03. The molecule has 0 atom stereocenters. The van der Waals surface area contributed by atoms with Crippen LogP contribution in [-0.4, -0.2) is 0 Å². The zero-order chi connectivity index (χ0) is 12.9. The Morgan fingerprint density at radius 2 is 1.00 bits per heavy atom. The SMILES string of the molecule is Cc1ccc2c(Br)c3cc(C)ccc3c(Br)c2c1. The van der Waals surface area contributed by atoms with Gasteiger partial charge in [-0.15, -0.1) is 0 Å². The average molecular weight is 364 g/mol. The number of hydrogen-bond acceptors (Lipinski definition) is 0. The van der Waals surface area contributed by atoms with E-state index in [9.17, 15) is 0 Å². The van der Waals surface area contributed by atoms with Crippen LogP contribution in [0, 0.1) is 13.8 Å². The zero-order valence-electron chi connectivity index (χ0n) is 10.2. The highest BCUT2D eigenvalue weighted by Gasteiger charge is 2.10. The first kappa shape index (κ1) is 12.2. The van der Waals surface area contributed by atoms with E-state index >= 15 is 0 Å². The van der Waals surface area contributed by atoms with Crippen molar-refractivity contribution >= 4 is 53.4 Å². The molecule has 0 fully saturated rings. The summed E-state index contributed by atoms with van der Waals surface area (Å²) in [7, 11) is 0. The molecule has 2 heteroatoms. The number of benzene rings is 3. The van der Waals surface area contributed by atoms with Gasteiger partial charge in [-0.25, -0.2) is 0 Å². The van der Waals surface area contributed by atoms with E-state index < -0.39 is 0 Å². The number of fused-ring (bicyclic) bond motifs is 2. The molecule has 0 heterocycles. The lowest BCUT2D eigenvalue weighted by Gasteiger charge is -2.11. The van der Waals surface area contributed by atoms with Crippen LogP contribution in [0.3, 0.4) is 0 Å². The van der Waals surface area contributed by atoms with E-state index in [0.29, 0.717) is 0 Å². The topological polar surface area (TPSA) is 0 Å². The minimum atomic E-state index is 1.18. The molecule has 3 aromatic rings. The fraction of sp³-hybridized carbons (Fsp3) is 0.125. The van der Waals surface area contributed by atoms with Gasteiger partial charge in [-0.2, -0.15) is 0 Å². The van der Waals surface area contributed by atoms with Crippen LogP contribution in [0.4, 0.5) is 0 Å². The van der Waals surface area contributed by atoms with Crippen LogP contribution in [-0.2, 0) is 0 Å². The molecular weight excluding hydrogens is 352 g/mol. The summed E-state index contributed by atoms with van der Waals surface area (Å²) in [4.78, 5) is 0. The summed E-state index contributed by atoms with van der Waals surface area (Å²) in [5.41, 5.74) is 2.56. The lowest BCUT2D eigenvalue weighted by atomic mass is 10.0. The van der Waals surface area contributed by atoms with Crippen molar-refractivity contribution in [2.24, 2.45) is 0 Å². The van der Waals surface area contributed by atoms with E-state index in [1.807, 2.05) is 0 Å². The van der Waals surface area contributed by atoms with Crippen LogP contribution in [0.25, 0.3) is 21.5 Å². The summed E-state index contributed by atoms with van der Waals surface area (Å²) in [6, 6.07) is 13.1. The third-order valence-corrected chi connectivity index (χ3v) is 5.00. The van der Waals surface area contributed by atoms with Gasteiger partial charge in [-0.3, -0.25) is 0 Å². The fourth-order valence-corrected chi connectivity index (χ4v) is 3.70. The van der Waals surface area contributed by atoms with Gasteiger partial charge in [0.1, 0.15) is 0 Å². The quantitative estimate of drug-likeness (QED) is 0.421. The molecule has 3 aromatic carbocycles. The second-order valence-electron chi connectivity index (χ2n) is 4.73. The van der Waals surface area contributed by atoms with Crippen molar-refractivity contribution < 1.29 is 0 Å². The molecule has 0 saturated carbocycles. The van der Waals surface area contributed by atoms with Gasteiger partial charge < -0.3 is 0 Å². The fourth-order valence-electron chi connectivity index (χ4n) is 2.35. The normalized spacial score (nSPS) is 11.3. The van der Waals surface area contributed by atoms with Crippen LogP contribution >= 0.6 is 31.9 Å². The van der Waals surface area contributed by atoms with E-state index in [-0.39, 0.29) is 0 Å². The second kappa shape index (κ2) is 4.36. The van der Waals surface area contributed by atoms with Gasteiger partial charge in [0.05, 0.1) is 0 Å². The van der Waals surface area contributed by atoms with Crippen molar-refractivity contribution in [2.75, 3.05) is 0 Å². The molecule has 3 rings (SSSR count). The molecule has 0 bridgehead atoms. The Morgan fingerprint density at radius 3 is 1.39 bits per heavy atom. The Labute approximate surface area is 123 Å². The monoisotopic (exact) mass is 362 g/mol. The van der Waals surface area contributed by atoms with E-state index in [1.54, 1.807) is 0 Å². The highest BCUT2D eigenvalue weighted by molar-refractivity contribution is 9.11. The number of halogens is 2. The van der Waals surface area contributed by atoms with Crippen molar-refractivity contribution in [1.82, 2.24) is 0 Å². The minimum Gasteiger partial charge on any atom is -0.0586 e. The zero-order valence-corrected chi connectivity index (χ0v) is 13.4. The summed E-state index contributed by atoms with van der Waals surface area (Å²) in [5.74, 6) is 0. The van der Waals surface area contributed by atoms with E-state index in [2.05, 4.69) is 82.1 Å². The maximum atomic E-state index is 3.75. The number of aryl methyl sites for hydroxylation is 2. The summed E-state index contributed by atoms with van der Waals surface area (Å²) in [6.07, 6.45) is 0. The highest BCUT2D eigenvalue weighted by Crippen LogP contribution is 2.39. The predicted molar refractivity (Wildman–Crippen MR) is 86.3 cm³/mol. The third-order valence-electron chi connectivity index (χ3n) is 3.30. The Morgan fingerprint density at radius 1 is 0.611 bits per heavy atom. The molecule has 0 amide bonds. The molecule has 0 aliphatic rings. The van der Waals surface area contributed by atoms with Gasteiger partial charge >= 0.3 is 0 Å². The summed E-state index contributed by atoms with van der Waals surface area (Å²) in [6.45, 7) is 4.25. The van der Waals surface area contributed by atoms with Crippen LogP contribution in [0.1, 0.15) is 11.1 Å². The Bertz CT molecular complexity index is 705. The average Bonchev–Trinajstić information content (AvgIpc) is 2.36. The van der Waals surface area contributed by atoms with Gasteiger partial charge in [-0.05, 0) is 67.3 Å². The van der Waals surface area contributed by atoms with Crippen molar-refractivity contribution in [1.29, 1.82) is 0 Å². The largest absolute Gasteiger partial charge is 0.0586 e. The van der Waals surface area contributed by atoms with Crippen LogP contribution < -0.4 is 0 Å². The summed E-state index contributed by atoms with van der Waals surface area (Å²) < 4.78 is 2.36. The standard InChI is InChI=1S/C16H12Br2/c1-9-3-5-11-13(7-9)15(17)12-6-4-10(2)8-14(12)16(11)18/h3-8H,1-2H3. The predicted octanol–water partition coefficient (Wildman–Crippen LogP) is 6.13. The Kier molecular flexibility index (Phi) is 2.95. The molecule has 0 saturated heterocycles. The lowest BCUT2D eigenvalue weighted by molar-refractivity contribution is 1.49. The first-order valence-corrected chi connectivity index (χ1v) is 7.44. The molecule has 90 valence electrons. The smallest absolute Gasteiger partial charge is 0.0333 e. The lowest BCUT2D eigenvalue weighted by Crippen LogP contribution is -1.85. The van der Waals surface area contributed by atoms with Crippen molar-refractivity contribution in [3.05, 3.63) is 56.5 Å². The van der Waals surface area contributed by atoms with Gasteiger partial charge in [-0.1, -0.05) is 47.5 Å². The molecule has 0 aliphatic carbocycles. The first-order chi connectivity index (χ1) is 8.58. The maximum absolute atomic E-state index is 3.75. The van der Waals surface area contributed by atoms with Gasteiger partial charge in [0.15, 0.2) is 0 Å². The van der Waals surface area contributed by atoms with Crippen molar-refractivity contribution in [3.63, 3.8) is 0 Å². The number of hydrogen-bond donors (Lipinski definition) is 0. The molecule has 18 heavy (non-hydrogen) atoms. The molecular formula is C16H12Br2. The minimum absolute atomic E-state index is 1.18. The van der Waals surface area contributed by atoms with E-state index in [1.165, 1.54) is 41.6 Å². The number of rotatable bonds is 0. The van der Waals surface area contributed by atoms with Crippen molar-refractivity contribution in [3.8, 4) is 0 Å². The van der Waals surface area contributed by atoms with Gasteiger partial charge in [0.2, 0.25) is 0 Å². The maximum Gasteiger partial charge on any atom is 0.0333 e. The van der Waals surface area contributed by atoms with Crippen molar-refractivity contribution in [2.45, 2.75) is 13.8 Å². The Hall–Kier alpha value is -0.860. The van der Waals surface area contributed by atoms with E-state index in [0.717, 1.165) is 0 Å². The van der Waals surface area contributed by atoms with Crippen LogP contribution in [0.5, 0.6) is 0 Å². The molecule has 0 aliphatic heterocycles. The first-order valence-electron chi connectivity index (χ1n) is 5.85. The third kappa shape index (κ3) is 1.79. The molecule has 0 radical (unpaired) electrons. The summed E-state index contributed by atoms with van der Waals surface area (Å²) >= 11 is 7.51.